The van der Waals surface area contributed by atoms with Gasteiger partial charge in [-0.05, 0) is 36.6 Å². The zero-order valence-electron chi connectivity index (χ0n) is 11.0. The molecule has 2 heterocycles. The number of hydrogen-bond donors (Lipinski definition) is 1. The van der Waals surface area contributed by atoms with E-state index in [0.29, 0.717) is 0 Å². The molecule has 1 aromatic carbocycles. The van der Waals surface area contributed by atoms with Crippen LogP contribution in [0.1, 0.15) is 18.7 Å². The lowest BCUT2D eigenvalue weighted by atomic mass is 10.1. The molecular formula is C16H14FN3. The van der Waals surface area contributed by atoms with E-state index in [0.717, 1.165) is 22.2 Å². The summed E-state index contributed by atoms with van der Waals surface area (Å²) < 4.78 is 12.9. The summed E-state index contributed by atoms with van der Waals surface area (Å²) in [6.07, 6.45) is 4.84. The monoisotopic (exact) mass is 267 g/mol. The van der Waals surface area contributed by atoms with E-state index < -0.39 is 0 Å². The van der Waals surface area contributed by atoms with Crippen LogP contribution in [0.25, 0.3) is 10.8 Å². The number of pyridine rings is 2. The third kappa shape index (κ3) is 2.45. The van der Waals surface area contributed by atoms with Crippen molar-refractivity contribution >= 4 is 16.5 Å². The summed E-state index contributed by atoms with van der Waals surface area (Å²) in [5.74, 6) is -0.324. The molecule has 0 aliphatic carbocycles. The fourth-order valence-corrected chi connectivity index (χ4v) is 2.19. The third-order valence-electron chi connectivity index (χ3n) is 3.25. The Hall–Kier alpha value is -2.49. The molecule has 1 atom stereocenters. The van der Waals surface area contributed by atoms with Gasteiger partial charge in [-0.1, -0.05) is 12.1 Å². The van der Waals surface area contributed by atoms with E-state index in [2.05, 4.69) is 15.3 Å². The first kappa shape index (κ1) is 12.5. The molecule has 1 unspecified atom stereocenters. The zero-order chi connectivity index (χ0) is 13.9. The SMILES string of the molecule is CC(Nc1cccc2ccncc12)c1ccc(F)cn1. The highest BCUT2D eigenvalue weighted by Crippen LogP contribution is 2.25. The largest absolute Gasteiger partial charge is 0.376 e. The topological polar surface area (TPSA) is 37.8 Å². The normalized spacial score (nSPS) is 12.3. The molecule has 1 N–H and O–H groups in total. The van der Waals surface area contributed by atoms with Crippen molar-refractivity contribution in [2.24, 2.45) is 0 Å². The van der Waals surface area contributed by atoms with Crippen molar-refractivity contribution in [3.63, 3.8) is 0 Å². The van der Waals surface area contributed by atoms with Gasteiger partial charge in [0.25, 0.3) is 0 Å². The summed E-state index contributed by atoms with van der Waals surface area (Å²) in [4.78, 5) is 8.26. The Morgan fingerprint density at radius 2 is 2.00 bits per heavy atom. The molecule has 4 heteroatoms. The lowest BCUT2D eigenvalue weighted by Gasteiger charge is -2.16. The highest BCUT2D eigenvalue weighted by atomic mass is 19.1. The lowest BCUT2D eigenvalue weighted by molar-refractivity contribution is 0.617. The van der Waals surface area contributed by atoms with Gasteiger partial charge in [0, 0.05) is 23.5 Å². The van der Waals surface area contributed by atoms with Crippen LogP contribution in [0, 0.1) is 5.82 Å². The second kappa shape index (κ2) is 5.25. The number of aromatic nitrogens is 2. The van der Waals surface area contributed by atoms with Crippen LogP contribution >= 0.6 is 0 Å². The van der Waals surface area contributed by atoms with E-state index in [1.165, 1.54) is 12.3 Å². The molecule has 0 fully saturated rings. The second-order valence-corrected chi connectivity index (χ2v) is 4.67. The summed E-state index contributed by atoms with van der Waals surface area (Å²) in [5, 5.41) is 5.58. The van der Waals surface area contributed by atoms with Crippen LogP contribution in [0.4, 0.5) is 10.1 Å². The van der Waals surface area contributed by atoms with Crippen LogP contribution < -0.4 is 5.32 Å². The Morgan fingerprint density at radius 1 is 1.10 bits per heavy atom. The number of hydrogen-bond acceptors (Lipinski definition) is 3. The molecule has 3 aromatic rings. The Balaban J connectivity index is 1.91. The maximum atomic E-state index is 12.9. The number of anilines is 1. The maximum absolute atomic E-state index is 12.9. The summed E-state index contributed by atoms with van der Waals surface area (Å²) in [7, 11) is 0. The number of nitrogens with one attached hydrogen (secondary N) is 1. The number of nitrogens with zero attached hydrogens (tertiary/aromatic N) is 2. The molecule has 0 saturated heterocycles. The molecule has 100 valence electrons. The van der Waals surface area contributed by atoms with Crippen LogP contribution in [0.5, 0.6) is 0 Å². The van der Waals surface area contributed by atoms with Crippen molar-refractivity contribution < 1.29 is 4.39 Å². The summed E-state index contributed by atoms with van der Waals surface area (Å²) in [5.41, 5.74) is 1.79. The average molecular weight is 267 g/mol. The maximum Gasteiger partial charge on any atom is 0.141 e. The van der Waals surface area contributed by atoms with Gasteiger partial charge in [-0.3, -0.25) is 9.97 Å². The predicted octanol–water partition coefficient (Wildman–Crippen LogP) is 3.94. The van der Waals surface area contributed by atoms with Crippen molar-refractivity contribution in [1.29, 1.82) is 0 Å². The molecule has 20 heavy (non-hydrogen) atoms. The molecule has 0 bridgehead atoms. The van der Waals surface area contributed by atoms with Crippen molar-refractivity contribution in [3.05, 3.63) is 66.5 Å². The Morgan fingerprint density at radius 3 is 2.80 bits per heavy atom. The van der Waals surface area contributed by atoms with Crippen molar-refractivity contribution in [2.75, 3.05) is 5.32 Å². The highest BCUT2D eigenvalue weighted by Gasteiger charge is 2.09. The highest BCUT2D eigenvalue weighted by molar-refractivity contribution is 5.93. The first-order valence-corrected chi connectivity index (χ1v) is 6.45. The smallest absolute Gasteiger partial charge is 0.141 e. The average Bonchev–Trinajstić information content (AvgIpc) is 2.48. The van der Waals surface area contributed by atoms with Crippen LogP contribution in [0.2, 0.25) is 0 Å². The van der Waals surface area contributed by atoms with Gasteiger partial charge in [0.2, 0.25) is 0 Å². The standard InChI is InChI=1S/C16H14FN3/c1-11(15-6-5-13(17)9-19-15)20-16-4-2-3-12-7-8-18-10-14(12)16/h2-11,20H,1H3. The molecule has 2 aromatic heterocycles. The van der Waals surface area contributed by atoms with Gasteiger partial charge in [0.05, 0.1) is 17.9 Å². The Labute approximate surface area is 116 Å². The fraction of sp³-hybridized carbons (Fsp3) is 0.125. The predicted molar refractivity (Wildman–Crippen MR) is 78.0 cm³/mol. The molecule has 0 aliphatic rings. The molecule has 3 rings (SSSR count). The Kier molecular flexibility index (Phi) is 3.29. The summed E-state index contributed by atoms with van der Waals surface area (Å²) in [6, 6.07) is 11.1. The first-order valence-electron chi connectivity index (χ1n) is 6.45. The van der Waals surface area contributed by atoms with Crippen molar-refractivity contribution in [1.82, 2.24) is 9.97 Å². The molecule has 0 saturated carbocycles. The summed E-state index contributed by atoms with van der Waals surface area (Å²) >= 11 is 0. The molecular weight excluding hydrogens is 253 g/mol. The fourth-order valence-electron chi connectivity index (χ4n) is 2.19. The minimum absolute atomic E-state index is 0.0126. The van der Waals surface area contributed by atoms with E-state index in [1.807, 2.05) is 37.4 Å². The molecule has 0 amide bonds. The van der Waals surface area contributed by atoms with Gasteiger partial charge in [-0.15, -0.1) is 0 Å². The minimum atomic E-state index is -0.324. The van der Waals surface area contributed by atoms with Crippen molar-refractivity contribution in [2.45, 2.75) is 13.0 Å². The molecule has 0 spiro atoms. The third-order valence-corrected chi connectivity index (χ3v) is 3.25. The first-order chi connectivity index (χ1) is 9.74. The Bertz CT molecular complexity index is 720. The van der Waals surface area contributed by atoms with Gasteiger partial charge < -0.3 is 5.32 Å². The number of fused-ring (bicyclic) bond motifs is 1. The van der Waals surface area contributed by atoms with E-state index in [9.17, 15) is 4.39 Å². The van der Waals surface area contributed by atoms with Gasteiger partial charge in [0.15, 0.2) is 0 Å². The zero-order valence-corrected chi connectivity index (χ0v) is 11.0. The van der Waals surface area contributed by atoms with E-state index in [4.69, 9.17) is 0 Å². The van der Waals surface area contributed by atoms with E-state index in [1.54, 1.807) is 12.3 Å². The number of halogens is 1. The van der Waals surface area contributed by atoms with Gasteiger partial charge in [0.1, 0.15) is 5.82 Å². The van der Waals surface area contributed by atoms with Crippen LogP contribution in [-0.4, -0.2) is 9.97 Å². The van der Waals surface area contributed by atoms with Gasteiger partial charge in [-0.2, -0.15) is 0 Å². The molecule has 0 radical (unpaired) electrons. The van der Waals surface area contributed by atoms with Gasteiger partial charge in [-0.25, -0.2) is 4.39 Å². The van der Waals surface area contributed by atoms with Crippen LogP contribution in [0.15, 0.2) is 55.0 Å². The van der Waals surface area contributed by atoms with E-state index in [-0.39, 0.29) is 11.9 Å². The number of benzene rings is 1. The lowest BCUT2D eigenvalue weighted by Crippen LogP contribution is -2.08. The number of rotatable bonds is 3. The molecule has 0 aliphatic heterocycles. The van der Waals surface area contributed by atoms with Crippen LogP contribution in [-0.2, 0) is 0 Å². The van der Waals surface area contributed by atoms with E-state index >= 15 is 0 Å². The quantitative estimate of drug-likeness (QED) is 0.781. The minimum Gasteiger partial charge on any atom is -0.376 e. The second-order valence-electron chi connectivity index (χ2n) is 4.67. The molecule has 3 nitrogen and oxygen atoms in total. The van der Waals surface area contributed by atoms with Gasteiger partial charge >= 0.3 is 0 Å². The summed E-state index contributed by atoms with van der Waals surface area (Å²) in [6.45, 7) is 2.00. The van der Waals surface area contributed by atoms with Crippen molar-refractivity contribution in [3.8, 4) is 0 Å². The van der Waals surface area contributed by atoms with Crippen LogP contribution in [0.3, 0.4) is 0 Å².